The van der Waals surface area contributed by atoms with E-state index in [0.29, 0.717) is 6.07 Å². The summed E-state index contributed by atoms with van der Waals surface area (Å²) in [5.41, 5.74) is -0.745. The number of nitrogens with zero attached hydrogens (tertiary/aromatic N) is 1. The summed E-state index contributed by atoms with van der Waals surface area (Å²) in [4.78, 5) is 9.22. The quantitative estimate of drug-likeness (QED) is 0.385. The highest BCUT2D eigenvalue weighted by Crippen LogP contribution is 2.27. The Labute approximate surface area is 108 Å². The van der Waals surface area contributed by atoms with Crippen molar-refractivity contribution in [1.82, 2.24) is 4.72 Å². The number of phenols is 1. The van der Waals surface area contributed by atoms with Gasteiger partial charge in [0.1, 0.15) is 0 Å². The first-order valence-electron chi connectivity index (χ1n) is 5.04. The van der Waals surface area contributed by atoms with E-state index in [1.54, 1.807) is 0 Å². The van der Waals surface area contributed by atoms with Crippen LogP contribution in [0.15, 0.2) is 23.1 Å². The van der Waals surface area contributed by atoms with Gasteiger partial charge in [-0.2, -0.15) is 0 Å². The summed E-state index contributed by atoms with van der Waals surface area (Å²) < 4.78 is 25.4. The van der Waals surface area contributed by atoms with E-state index in [9.17, 15) is 23.6 Å². The molecule has 0 aliphatic heterocycles. The van der Waals surface area contributed by atoms with E-state index in [2.05, 4.69) is 0 Å². The van der Waals surface area contributed by atoms with Crippen LogP contribution in [0.25, 0.3) is 0 Å². The van der Waals surface area contributed by atoms with E-state index < -0.39 is 50.5 Å². The number of phenolic OH excluding ortho intramolecular Hbond substituents is 1. The van der Waals surface area contributed by atoms with E-state index in [-0.39, 0.29) is 0 Å². The molecule has 0 aliphatic rings. The Morgan fingerprint density at radius 3 is 2.58 bits per heavy atom. The molecule has 0 aromatic heterocycles. The third-order valence-corrected chi connectivity index (χ3v) is 3.59. The molecule has 0 aliphatic carbocycles. The van der Waals surface area contributed by atoms with Gasteiger partial charge in [0.25, 0.3) is 0 Å². The second kappa shape index (κ2) is 5.93. The zero-order valence-electron chi connectivity index (χ0n) is 9.55. The van der Waals surface area contributed by atoms with Crippen LogP contribution in [0.5, 0.6) is 5.75 Å². The fourth-order valence-corrected chi connectivity index (χ4v) is 2.26. The van der Waals surface area contributed by atoms with Gasteiger partial charge in [-0.25, -0.2) is 13.1 Å². The molecule has 0 amide bonds. The molecular formula is C9H12N2O7S. The van der Waals surface area contributed by atoms with Crippen molar-refractivity contribution in [2.75, 3.05) is 13.2 Å². The molecule has 1 rings (SSSR count). The summed E-state index contributed by atoms with van der Waals surface area (Å²) in [5.74, 6) is -0.653. The highest BCUT2D eigenvalue weighted by Gasteiger charge is 2.21. The summed E-state index contributed by atoms with van der Waals surface area (Å²) in [5, 5.41) is 37.3. The molecule has 106 valence electrons. The smallest absolute Gasteiger partial charge is 0.312 e. The molecule has 1 atom stereocenters. The standard InChI is InChI=1S/C9H12N2O7S/c12-5-6(13)4-10-19(17,18)7-1-2-9(14)8(3-7)11(15)16/h1-3,6,10,12-14H,4-5H2. The zero-order chi connectivity index (χ0) is 14.6. The summed E-state index contributed by atoms with van der Waals surface area (Å²) in [7, 11) is -4.07. The molecule has 1 aromatic carbocycles. The number of sulfonamides is 1. The van der Waals surface area contributed by atoms with Gasteiger partial charge < -0.3 is 15.3 Å². The fraction of sp³-hybridized carbons (Fsp3) is 0.333. The Bertz CT molecular complexity index is 572. The van der Waals surface area contributed by atoms with Gasteiger partial charge in [-0.3, -0.25) is 10.1 Å². The Kier molecular flexibility index (Phi) is 4.78. The number of nitro benzene ring substituents is 1. The number of nitrogens with one attached hydrogen (secondary N) is 1. The van der Waals surface area contributed by atoms with Gasteiger partial charge in [0.15, 0.2) is 5.75 Å². The summed E-state index contributed by atoms with van der Waals surface area (Å²) in [6.45, 7) is -1.06. The van der Waals surface area contributed by atoms with E-state index >= 15 is 0 Å². The highest BCUT2D eigenvalue weighted by atomic mass is 32.2. The molecule has 0 fully saturated rings. The second-order valence-electron chi connectivity index (χ2n) is 3.60. The molecule has 0 saturated heterocycles. The predicted octanol–water partition coefficient (Wildman–Crippen LogP) is -1.07. The fourth-order valence-electron chi connectivity index (χ4n) is 1.17. The van der Waals surface area contributed by atoms with Crippen molar-refractivity contribution >= 4 is 15.7 Å². The van der Waals surface area contributed by atoms with Crippen molar-refractivity contribution < 1.29 is 28.7 Å². The SMILES string of the molecule is O=[N+]([O-])c1cc(S(=O)(=O)NCC(O)CO)ccc1O. The van der Waals surface area contributed by atoms with E-state index in [1.165, 1.54) is 0 Å². The van der Waals surface area contributed by atoms with Crippen LogP contribution in [-0.2, 0) is 10.0 Å². The van der Waals surface area contributed by atoms with Crippen LogP contribution in [0.3, 0.4) is 0 Å². The van der Waals surface area contributed by atoms with Gasteiger partial charge in [-0.1, -0.05) is 0 Å². The molecular weight excluding hydrogens is 280 g/mol. The van der Waals surface area contributed by atoms with Gasteiger partial charge in [0.2, 0.25) is 10.0 Å². The van der Waals surface area contributed by atoms with Gasteiger partial charge in [-0.05, 0) is 12.1 Å². The molecule has 0 heterocycles. The lowest BCUT2D eigenvalue weighted by Gasteiger charge is -2.09. The Hall–Kier alpha value is -1.75. The normalized spacial score (nSPS) is 13.2. The summed E-state index contributed by atoms with van der Waals surface area (Å²) >= 11 is 0. The first-order valence-corrected chi connectivity index (χ1v) is 6.52. The number of aliphatic hydroxyl groups is 2. The van der Waals surface area contributed by atoms with Crippen LogP contribution in [0, 0.1) is 10.1 Å². The van der Waals surface area contributed by atoms with Crippen LogP contribution in [0.2, 0.25) is 0 Å². The number of hydrogen-bond acceptors (Lipinski definition) is 7. The van der Waals surface area contributed by atoms with E-state index in [1.807, 2.05) is 4.72 Å². The molecule has 0 bridgehead atoms. The Balaban J connectivity index is 3.02. The number of nitro groups is 1. The number of rotatable bonds is 6. The van der Waals surface area contributed by atoms with Crippen LogP contribution < -0.4 is 4.72 Å². The average molecular weight is 292 g/mol. The number of aliphatic hydroxyl groups excluding tert-OH is 2. The maximum absolute atomic E-state index is 11.7. The third-order valence-electron chi connectivity index (χ3n) is 2.17. The summed E-state index contributed by atoms with van der Waals surface area (Å²) in [6.07, 6.45) is -1.28. The average Bonchev–Trinajstić information content (AvgIpc) is 2.35. The third kappa shape index (κ3) is 3.86. The minimum atomic E-state index is -4.07. The largest absolute Gasteiger partial charge is 0.502 e. The zero-order valence-corrected chi connectivity index (χ0v) is 10.4. The second-order valence-corrected chi connectivity index (χ2v) is 5.36. The van der Waals surface area contributed by atoms with Crippen molar-refractivity contribution in [3.05, 3.63) is 28.3 Å². The number of aromatic hydroxyl groups is 1. The van der Waals surface area contributed by atoms with Crippen molar-refractivity contribution in [3.8, 4) is 5.75 Å². The molecule has 1 unspecified atom stereocenters. The van der Waals surface area contributed by atoms with Gasteiger partial charge >= 0.3 is 5.69 Å². The maximum Gasteiger partial charge on any atom is 0.312 e. The predicted molar refractivity (Wildman–Crippen MR) is 63.0 cm³/mol. The van der Waals surface area contributed by atoms with Gasteiger partial charge in [-0.15, -0.1) is 0 Å². The minimum absolute atomic E-state index is 0.429. The van der Waals surface area contributed by atoms with Crippen LogP contribution >= 0.6 is 0 Å². The van der Waals surface area contributed by atoms with Crippen LogP contribution in [-0.4, -0.2) is 47.9 Å². The van der Waals surface area contributed by atoms with Crippen LogP contribution in [0.4, 0.5) is 5.69 Å². The van der Waals surface area contributed by atoms with E-state index in [4.69, 9.17) is 10.2 Å². The maximum atomic E-state index is 11.7. The van der Waals surface area contributed by atoms with E-state index in [0.717, 1.165) is 12.1 Å². The number of benzene rings is 1. The van der Waals surface area contributed by atoms with Crippen molar-refractivity contribution in [2.24, 2.45) is 0 Å². The first-order chi connectivity index (χ1) is 8.77. The topological polar surface area (TPSA) is 150 Å². The Morgan fingerprint density at radius 1 is 1.42 bits per heavy atom. The van der Waals surface area contributed by atoms with Gasteiger partial charge in [0.05, 0.1) is 22.5 Å². The highest BCUT2D eigenvalue weighted by molar-refractivity contribution is 7.89. The summed E-state index contributed by atoms with van der Waals surface area (Å²) in [6, 6.07) is 2.56. The molecule has 0 radical (unpaired) electrons. The van der Waals surface area contributed by atoms with Crippen molar-refractivity contribution in [1.29, 1.82) is 0 Å². The molecule has 4 N–H and O–H groups in total. The van der Waals surface area contributed by atoms with Crippen LogP contribution in [0.1, 0.15) is 0 Å². The molecule has 9 nitrogen and oxygen atoms in total. The monoisotopic (exact) mass is 292 g/mol. The lowest BCUT2D eigenvalue weighted by Crippen LogP contribution is -2.33. The lowest BCUT2D eigenvalue weighted by atomic mass is 10.3. The van der Waals surface area contributed by atoms with Gasteiger partial charge in [0, 0.05) is 12.6 Å². The van der Waals surface area contributed by atoms with Crippen molar-refractivity contribution in [3.63, 3.8) is 0 Å². The number of hydrogen-bond donors (Lipinski definition) is 4. The first kappa shape index (κ1) is 15.3. The minimum Gasteiger partial charge on any atom is -0.502 e. The molecule has 0 spiro atoms. The molecule has 1 aromatic rings. The molecule has 0 saturated carbocycles. The Morgan fingerprint density at radius 2 is 2.05 bits per heavy atom. The van der Waals surface area contributed by atoms with Crippen molar-refractivity contribution in [2.45, 2.75) is 11.0 Å². The molecule has 19 heavy (non-hydrogen) atoms. The molecule has 10 heteroatoms. The lowest BCUT2D eigenvalue weighted by molar-refractivity contribution is -0.386.